The Labute approximate surface area is 129 Å². The molecule has 0 atom stereocenters. The number of nitrogens with one attached hydrogen (secondary N) is 2. The fourth-order valence-electron chi connectivity index (χ4n) is 2.03. The minimum Gasteiger partial charge on any atom is -0.464 e. The van der Waals surface area contributed by atoms with Gasteiger partial charge < -0.3 is 15.0 Å². The number of rotatable bonds is 4. The standard InChI is InChI=1S/C14H12ClN3O2S/c1-20-14(19)10-4-2-8(18-10)6-16-12-9(15)3-5-11-13(12)17-7-21-11/h2-5,7,16,18H,6H2,1H3. The Bertz CT molecular complexity index is 796. The molecule has 0 spiro atoms. The molecule has 2 heterocycles. The van der Waals surface area contributed by atoms with Gasteiger partial charge in [-0.2, -0.15) is 0 Å². The van der Waals surface area contributed by atoms with Gasteiger partial charge in [0, 0.05) is 5.69 Å². The highest BCUT2D eigenvalue weighted by molar-refractivity contribution is 7.16. The summed E-state index contributed by atoms with van der Waals surface area (Å²) < 4.78 is 5.73. The molecule has 2 N–H and O–H groups in total. The minimum absolute atomic E-state index is 0.388. The number of anilines is 1. The number of aromatic nitrogens is 2. The van der Waals surface area contributed by atoms with Gasteiger partial charge in [-0.3, -0.25) is 0 Å². The molecule has 0 unspecified atom stereocenters. The number of esters is 1. The zero-order valence-electron chi connectivity index (χ0n) is 11.1. The molecule has 0 aliphatic carbocycles. The lowest BCUT2D eigenvalue weighted by molar-refractivity contribution is 0.0594. The van der Waals surface area contributed by atoms with E-state index in [1.807, 2.05) is 18.2 Å². The van der Waals surface area contributed by atoms with Gasteiger partial charge in [-0.1, -0.05) is 11.6 Å². The normalized spacial score (nSPS) is 10.8. The number of hydrogen-bond donors (Lipinski definition) is 2. The first-order valence-corrected chi connectivity index (χ1v) is 7.46. The monoisotopic (exact) mass is 321 g/mol. The first kappa shape index (κ1) is 13.9. The third kappa shape index (κ3) is 2.72. The van der Waals surface area contributed by atoms with Crippen molar-refractivity contribution in [2.24, 2.45) is 0 Å². The van der Waals surface area contributed by atoms with Crippen LogP contribution in [0.5, 0.6) is 0 Å². The molecule has 21 heavy (non-hydrogen) atoms. The number of aromatic amines is 1. The summed E-state index contributed by atoms with van der Waals surface area (Å²) in [4.78, 5) is 18.7. The molecule has 108 valence electrons. The molecule has 2 aromatic heterocycles. The molecule has 5 nitrogen and oxygen atoms in total. The van der Waals surface area contributed by atoms with Crippen molar-refractivity contribution in [2.45, 2.75) is 6.54 Å². The van der Waals surface area contributed by atoms with Crippen molar-refractivity contribution < 1.29 is 9.53 Å². The second-order valence-corrected chi connectivity index (χ2v) is 5.66. The molecule has 3 aromatic rings. The van der Waals surface area contributed by atoms with Gasteiger partial charge in [0.05, 0.1) is 34.6 Å². The fraction of sp³-hybridized carbons (Fsp3) is 0.143. The Morgan fingerprint density at radius 1 is 1.43 bits per heavy atom. The van der Waals surface area contributed by atoms with Crippen molar-refractivity contribution in [1.29, 1.82) is 0 Å². The predicted molar refractivity (Wildman–Crippen MR) is 84.1 cm³/mol. The topological polar surface area (TPSA) is 67.0 Å². The SMILES string of the molecule is COC(=O)c1ccc(CNc2c(Cl)ccc3scnc23)[nH]1. The highest BCUT2D eigenvalue weighted by atomic mass is 35.5. The number of carbonyl (C=O) groups is 1. The first-order valence-electron chi connectivity index (χ1n) is 6.21. The van der Waals surface area contributed by atoms with Crippen LogP contribution in [0.25, 0.3) is 10.2 Å². The van der Waals surface area contributed by atoms with Crippen LogP contribution < -0.4 is 5.32 Å². The highest BCUT2D eigenvalue weighted by Gasteiger charge is 2.11. The van der Waals surface area contributed by atoms with E-state index in [-0.39, 0.29) is 5.97 Å². The highest BCUT2D eigenvalue weighted by Crippen LogP contribution is 2.32. The fourth-order valence-corrected chi connectivity index (χ4v) is 2.93. The van der Waals surface area contributed by atoms with E-state index in [9.17, 15) is 4.79 Å². The van der Waals surface area contributed by atoms with E-state index in [0.29, 0.717) is 17.3 Å². The van der Waals surface area contributed by atoms with Crippen molar-refractivity contribution in [3.63, 3.8) is 0 Å². The maximum absolute atomic E-state index is 11.4. The molecule has 0 saturated carbocycles. The summed E-state index contributed by atoms with van der Waals surface area (Å²) in [5, 5.41) is 3.88. The Kier molecular flexibility index (Phi) is 3.81. The molecule has 0 bridgehead atoms. The molecule has 1 aromatic carbocycles. The second-order valence-electron chi connectivity index (χ2n) is 4.36. The summed E-state index contributed by atoms with van der Waals surface area (Å²) in [6.45, 7) is 0.507. The van der Waals surface area contributed by atoms with Crippen LogP contribution in [-0.4, -0.2) is 23.0 Å². The third-order valence-corrected chi connectivity index (χ3v) is 4.17. The number of hydrogen-bond acceptors (Lipinski definition) is 5. The Morgan fingerprint density at radius 3 is 3.10 bits per heavy atom. The van der Waals surface area contributed by atoms with Gasteiger partial charge in [-0.05, 0) is 24.3 Å². The zero-order valence-corrected chi connectivity index (χ0v) is 12.7. The van der Waals surface area contributed by atoms with Crippen LogP contribution in [0.3, 0.4) is 0 Å². The number of methoxy groups -OCH3 is 1. The van der Waals surface area contributed by atoms with Gasteiger partial charge in [0.15, 0.2) is 0 Å². The van der Waals surface area contributed by atoms with Crippen molar-refractivity contribution in [3.05, 3.63) is 46.2 Å². The largest absolute Gasteiger partial charge is 0.464 e. The molecule has 0 aliphatic heterocycles. The number of thiazole rings is 1. The smallest absolute Gasteiger partial charge is 0.354 e. The molecular formula is C14H12ClN3O2S. The van der Waals surface area contributed by atoms with E-state index in [2.05, 4.69) is 20.0 Å². The summed E-state index contributed by atoms with van der Waals surface area (Å²) in [5.74, 6) is -0.388. The maximum Gasteiger partial charge on any atom is 0.354 e. The maximum atomic E-state index is 11.4. The minimum atomic E-state index is -0.388. The molecule has 0 saturated heterocycles. The summed E-state index contributed by atoms with van der Waals surface area (Å²) in [6, 6.07) is 7.31. The summed E-state index contributed by atoms with van der Waals surface area (Å²) in [5.41, 5.74) is 4.72. The quantitative estimate of drug-likeness (QED) is 0.719. The summed E-state index contributed by atoms with van der Waals surface area (Å²) in [7, 11) is 1.35. The number of benzene rings is 1. The third-order valence-electron chi connectivity index (χ3n) is 3.06. The second kappa shape index (κ2) is 5.75. The van der Waals surface area contributed by atoms with Crippen LogP contribution in [0.15, 0.2) is 29.8 Å². The van der Waals surface area contributed by atoms with Crippen molar-refractivity contribution in [3.8, 4) is 0 Å². The molecule has 0 aliphatic rings. The van der Waals surface area contributed by atoms with Crippen LogP contribution in [0.4, 0.5) is 5.69 Å². The van der Waals surface area contributed by atoms with E-state index in [4.69, 9.17) is 11.6 Å². The average molecular weight is 322 g/mol. The molecule has 0 fully saturated rings. The van der Waals surface area contributed by atoms with E-state index in [0.717, 1.165) is 21.6 Å². The van der Waals surface area contributed by atoms with Crippen LogP contribution in [0, 0.1) is 0 Å². The number of carbonyl (C=O) groups excluding carboxylic acids is 1. The van der Waals surface area contributed by atoms with Gasteiger partial charge in [0.25, 0.3) is 0 Å². The number of H-pyrrole nitrogens is 1. The first-order chi connectivity index (χ1) is 10.2. The van der Waals surface area contributed by atoms with Crippen LogP contribution in [0.2, 0.25) is 5.02 Å². The van der Waals surface area contributed by atoms with Gasteiger partial charge in [-0.15, -0.1) is 11.3 Å². The number of nitrogens with zero attached hydrogens (tertiary/aromatic N) is 1. The van der Waals surface area contributed by atoms with Gasteiger partial charge >= 0.3 is 5.97 Å². The average Bonchev–Trinajstić information content (AvgIpc) is 3.14. The molecule has 7 heteroatoms. The van der Waals surface area contributed by atoms with E-state index >= 15 is 0 Å². The lowest BCUT2D eigenvalue weighted by atomic mass is 10.2. The van der Waals surface area contributed by atoms with Crippen LogP contribution >= 0.6 is 22.9 Å². The molecule has 0 radical (unpaired) electrons. The zero-order chi connectivity index (χ0) is 14.8. The van der Waals surface area contributed by atoms with Crippen molar-refractivity contribution in [1.82, 2.24) is 9.97 Å². The van der Waals surface area contributed by atoms with Gasteiger partial charge in [0.1, 0.15) is 11.2 Å². The molecular weight excluding hydrogens is 310 g/mol. The number of halogens is 1. The van der Waals surface area contributed by atoms with E-state index < -0.39 is 0 Å². The number of ether oxygens (including phenoxy) is 1. The van der Waals surface area contributed by atoms with Crippen LogP contribution in [0.1, 0.15) is 16.2 Å². The summed E-state index contributed by atoms with van der Waals surface area (Å²) in [6.07, 6.45) is 0. The van der Waals surface area contributed by atoms with Crippen molar-refractivity contribution in [2.75, 3.05) is 12.4 Å². The molecule has 3 rings (SSSR count). The summed E-state index contributed by atoms with van der Waals surface area (Å²) >= 11 is 7.79. The van der Waals surface area contributed by atoms with Gasteiger partial charge in [0.2, 0.25) is 0 Å². The van der Waals surface area contributed by atoms with Crippen molar-refractivity contribution >= 4 is 44.8 Å². The Morgan fingerprint density at radius 2 is 2.29 bits per heavy atom. The molecule has 0 amide bonds. The van der Waals surface area contributed by atoms with Crippen LogP contribution in [-0.2, 0) is 11.3 Å². The van der Waals surface area contributed by atoms with Gasteiger partial charge in [-0.25, -0.2) is 9.78 Å². The van der Waals surface area contributed by atoms with E-state index in [1.54, 1.807) is 22.9 Å². The number of fused-ring (bicyclic) bond motifs is 1. The predicted octanol–water partition coefficient (Wildman–Crippen LogP) is 3.68. The van der Waals surface area contributed by atoms with E-state index in [1.165, 1.54) is 7.11 Å². The Balaban J connectivity index is 1.80. The lowest BCUT2D eigenvalue weighted by Gasteiger charge is -2.08. The lowest BCUT2D eigenvalue weighted by Crippen LogP contribution is -2.04. The Hall–Kier alpha value is -2.05.